The molecule has 53 heavy (non-hydrogen) atoms. The van der Waals surface area contributed by atoms with E-state index < -0.39 is 80.3 Å². The number of likely N-dealkylation sites (tertiary alicyclic amines) is 1. The first kappa shape index (κ1) is 40.0. The summed E-state index contributed by atoms with van der Waals surface area (Å²) in [5.74, 6) is -2.49. The fraction of sp³-hybridized carbons (Fsp3) is 0.649. The van der Waals surface area contributed by atoms with Gasteiger partial charge in [-0.15, -0.1) is 0 Å². The number of hydrogen-bond donors (Lipinski definition) is 2. The first-order valence-corrected chi connectivity index (χ1v) is 19.9. The summed E-state index contributed by atoms with van der Waals surface area (Å²) in [7, 11) is -2.67. The number of ether oxygens (including phenoxy) is 2. The molecule has 0 bridgehead atoms. The highest BCUT2D eigenvalue weighted by Crippen LogP contribution is 2.40. The minimum Gasteiger partial charge on any atom is -0.444 e. The monoisotopic (exact) mass is 761 g/mol. The molecular weight excluding hydrogens is 709 g/mol. The Morgan fingerprint density at radius 1 is 1.09 bits per heavy atom. The molecule has 16 heteroatoms. The zero-order valence-electron chi connectivity index (χ0n) is 31.2. The topological polar surface area (TPSA) is 172 Å². The fourth-order valence-corrected chi connectivity index (χ4v) is 8.39. The molecule has 1 aromatic rings. The van der Waals surface area contributed by atoms with Crippen molar-refractivity contribution < 1.29 is 46.3 Å². The maximum atomic E-state index is 14.4. The summed E-state index contributed by atoms with van der Waals surface area (Å²) in [5.41, 5.74) is -1.26. The van der Waals surface area contributed by atoms with E-state index in [0.29, 0.717) is 34.7 Å². The molecule has 2 heterocycles. The number of nitrogens with one attached hydrogen (secondary N) is 2. The summed E-state index contributed by atoms with van der Waals surface area (Å²) in [5, 5.41) is 4.79. The van der Waals surface area contributed by atoms with Crippen LogP contribution < -0.4 is 10.6 Å². The van der Waals surface area contributed by atoms with E-state index in [-0.39, 0.29) is 45.3 Å². The third-order valence-electron chi connectivity index (χ3n) is 10.0. The highest BCUT2D eigenvalue weighted by atomic mass is 32.2. The molecule has 4 aliphatic rings. The number of unbranched alkanes of at least 4 members (excludes halogenated alkanes) is 3. The highest BCUT2D eigenvalue weighted by Gasteiger charge is 2.57. The van der Waals surface area contributed by atoms with Gasteiger partial charge in [0.1, 0.15) is 35.1 Å². The van der Waals surface area contributed by atoms with Crippen molar-refractivity contribution in [1.29, 1.82) is 0 Å². The lowest BCUT2D eigenvalue weighted by atomic mass is 10.0. The summed E-state index contributed by atoms with van der Waals surface area (Å²) in [6, 6.07) is 2.30. The molecule has 1 aromatic carbocycles. The first-order valence-electron chi connectivity index (χ1n) is 18.4. The minimum absolute atomic E-state index is 0.00202. The molecule has 3 atom stereocenters. The zero-order valence-corrected chi connectivity index (χ0v) is 32.0. The Kier molecular flexibility index (Phi) is 12.1. The second-order valence-corrected chi connectivity index (χ2v) is 17.7. The fourth-order valence-electron chi connectivity index (χ4n) is 6.81. The smallest absolute Gasteiger partial charge is 0.410 e. The van der Waals surface area contributed by atoms with Crippen LogP contribution in [0.3, 0.4) is 0 Å². The molecule has 5 rings (SSSR count). The SMILES string of the molecule is C/C=C\CCCCC[C@H](NC(=O)OC(C)(C)C)C(=O)N1C[C@H](OC(=O)N2Cc3cccc(F)c3C2)C[C@H]1C(=O)NC1(C(=O)N(C)S(=O)(=O)C2CC2)CC1. The van der Waals surface area contributed by atoms with Gasteiger partial charge in [-0.05, 0) is 84.3 Å². The van der Waals surface area contributed by atoms with Crippen molar-refractivity contribution in [2.24, 2.45) is 0 Å². The van der Waals surface area contributed by atoms with E-state index in [9.17, 15) is 36.8 Å². The maximum absolute atomic E-state index is 14.4. The second-order valence-electron chi connectivity index (χ2n) is 15.5. The molecule has 2 N–H and O–H groups in total. The van der Waals surface area contributed by atoms with Crippen LogP contribution in [0, 0.1) is 5.82 Å². The number of likely N-dealkylation sites (N-methyl/N-ethyl adjacent to an activating group) is 1. The average molecular weight is 762 g/mol. The molecule has 2 aliphatic heterocycles. The normalized spacial score (nSPS) is 21.2. The van der Waals surface area contributed by atoms with Crippen molar-refractivity contribution in [3.05, 3.63) is 47.3 Å². The van der Waals surface area contributed by atoms with Gasteiger partial charge in [0.05, 0.1) is 18.3 Å². The molecule has 1 saturated heterocycles. The number of hydrogen-bond acceptors (Lipinski definition) is 9. The molecule has 0 spiro atoms. The number of amides is 5. The number of alkyl carbamates (subject to hydrolysis) is 1. The van der Waals surface area contributed by atoms with Gasteiger partial charge in [-0.3, -0.25) is 19.3 Å². The molecule has 5 amide bonds. The lowest BCUT2D eigenvalue weighted by Crippen LogP contribution is -2.58. The van der Waals surface area contributed by atoms with Gasteiger partial charge < -0.3 is 25.0 Å². The van der Waals surface area contributed by atoms with Gasteiger partial charge in [0.15, 0.2) is 0 Å². The van der Waals surface area contributed by atoms with Crippen molar-refractivity contribution in [3.63, 3.8) is 0 Å². The van der Waals surface area contributed by atoms with Crippen LogP contribution in [0.15, 0.2) is 30.4 Å². The van der Waals surface area contributed by atoms with Crippen molar-refractivity contribution in [2.75, 3.05) is 13.6 Å². The van der Waals surface area contributed by atoms with Gasteiger partial charge in [-0.2, -0.15) is 0 Å². The lowest BCUT2D eigenvalue weighted by Gasteiger charge is -2.31. The second kappa shape index (κ2) is 16.0. The number of carbonyl (C=O) groups excluding carboxylic acids is 5. The molecule has 0 radical (unpaired) electrons. The van der Waals surface area contributed by atoms with Gasteiger partial charge in [-0.1, -0.05) is 37.1 Å². The lowest BCUT2D eigenvalue weighted by molar-refractivity contribution is -0.141. The predicted molar refractivity (Wildman–Crippen MR) is 192 cm³/mol. The molecule has 0 aromatic heterocycles. The zero-order chi connectivity index (χ0) is 38.7. The van der Waals surface area contributed by atoms with Gasteiger partial charge >= 0.3 is 12.2 Å². The van der Waals surface area contributed by atoms with Crippen molar-refractivity contribution in [2.45, 2.75) is 140 Å². The third kappa shape index (κ3) is 9.67. The number of carbonyl (C=O) groups is 5. The standard InChI is InChI=1S/C37H52FN5O9S/c1-6-7-8-9-10-11-15-29(39-34(47)52-36(2,3)4)32(45)43-22-25(51-35(48)42-21-24-13-12-14-28(38)27(24)23-42)20-30(43)31(44)40-37(18-19-37)33(46)41(5)53(49,50)26-16-17-26/h6-7,12-14,25-26,29-30H,8-11,15-23H2,1-5H3,(H,39,47)(H,40,44)/b7-6-/t25-,29+,30+/m1/s1. The summed E-state index contributed by atoms with van der Waals surface area (Å²) in [6.07, 6.45) is 6.05. The van der Waals surface area contributed by atoms with E-state index in [4.69, 9.17) is 9.47 Å². The third-order valence-corrected chi connectivity index (χ3v) is 12.3. The van der Waals surface area contributed by atoms with Crippen LogP contribution in [0.5, 0.6) is 0 Å². The first-order chi connectivity index (χ1) is 25.0. The van der Waals surface area contributed by atoms with Crippen LogP contribution in [0.2, 0.25) is 0 Å². The van der Waals surface area contributed by atoms with Gasteiger partial charge in [-0.25, -0.2) is 26.7 Å². The number of nitrogens with zero attached hydrogens (tertiary/aromatic N) is 3. The van der Waals surface area contributed by atoms with Crippen molar-refractivity contribution in [3.8, 4) is 0 Å². The maximum Gasteiger partial charge on any atom is 0.410 e. The van der Waals surface area contributed by atoms with Crippen molar-refractivity contribution >= 4 is 39.9 Å². The van der Waals surface area contributed by atoms with Crippen LogP contribution in [-0.4, -0.2) is 101 Å². The molecular formula is C37H52FN5O9S. The average Bonchev–Trinajstić information content (AvgIpc) is 4.01. The Labute approximate surface area is 310 Å². The summed E-state index contributed by atoms with van der Waals surface area (Å²) < 4.78 is 52.1. The molecule has 14 nitrogen and oxygen atoms in total. The summed E-state index contributed by atoms with van der Waals surface area (Å²) >= 11 is 0. The van der Waals surface area contributed by atoms with Crippen LogP contribution in [0.4, 0.5) is 14.0 Å². The minimum atomic E-state index is -3.87. The number of allylic oxidation sites excluding steroid dienone is 2. The number of fused-ring (bicyclic) bond motifs is 1. The Hall–Kier alpha value is -4.21. The number of sulfonamides is 1. The number of halogens is 1. The molecule has 0 unspecified atom stereocenters. The number of benzene rings is 1. The Bertz CT molecular complexity index is 1720. The van der Waals surface area contributed by atoms with Crippen LogP contribution >= 0.6 is 0 Å². The van der Waals surface area contributed by atoms with Crippen LogP contribution in [0.25, 0.3) is 0 Å². The Morgan fingerprint density at radius 3 is 2.43 bits per heavy atom. The molecule has 292 valence electrons. The van der Waals surface area contributed by atoms with E-state index >= 15 is 0 Å². The Morgan fingerprint density at radius 2 is 1.81 bits per heavy atom. The molecule has 2 saturated carbocycles. The molecule has 2 aliphatic carbocycles. The molecule has 3 fully saturated rings. The van der Waals surface area contributed by atoms with E-state index in [0.717, 1.165) is 19.3 Å². The largest absolute Gasteiger partial charge is 0.444 e. The Balaban J connectivity index is 1.34. The number of rotatable bonds is 14. The van der Waals surface area contributed by atoms with E-state index in [1.54, 1.807) is 32.9 Å². The quantitative estimate of drug-likeness (QED) is 0.208. The van der Waals surface area contributed by atoms with Gasteiger partial charge in [0, 0.05) is 25.6 Å². The van der Waals surface area contributed by atoms with Crippen molar-refractivity contribution in [1.82, 2.24) is 24.7 Å². The van der Waals surface area contributed by atoms with Crippen LogP contribution in [-0.2, 0) is 47.0 Å². The van der Waals surface area contributed by atoms with Gasteiger partial charge in [0.25, 0.3) is 5.91 Å². The summed E-state index contributed by atoms with van der Waals surface area (Å²) in [6.45, 7) is 6.95. The van der Waals surface area contributed by atoms with E-state index in [2.05, 4.69) is 10.6 Å². The highest BCUT2D eigenvalue weighted by molar-refractivity contribution is 7.90. The van der Waals surface area contributed by atoms with E-state index in [1.807, 2.05) is 19.1 Å². The predicted octanol–water partition coefficient (Wildman–Crippen LogP) is 4.27. The van der Waals surface area contributed by atoms with Gasteiger partial charge in [0.2, 0.25) is 21.8 Å². The van der Waals surface area contributed by atoms with E-state index in [1.165, 1.54) is 22.9 Å². The van der Waals surface area contributed by atoms with Crippen LogP contribution in [0.1, 0.15) is 103 Å². The summed E-state index contributed by atoms with van der Waals surface area (Å²) in [4.78, 5) is 70.8.